The minimum Gasteiger partial charge on any atom is -0.452 e. The van der Waals surface area contributed by atoms with Gasteiger partial charge in [-0.2, -0.15) is 9.97 Å². The fraction of sp³-hybridized carbons (Fsp3) is 0.412. The lowest BCUT2D eigenvalue weighted by molar-refractivity contribution is 0.184. The van der Waals surface area contributed by atoms with Crippen molar-refractivity contribution in [3.05, 3.63) is 71.0 Å². The average Bonchev–Trinajstić information content (AvgIpc) is 3.10. The number of benzene rings is 2. The monoisotopic (exact) mass is 696 g/mol. The van der Waals surface area contributed by atoms with Crippen molar-refractivity contribution in [3.8, 4) is 23.0 Å². The van der Waals surface area contributed by atoms with Crippen molar-refractivity contribution in [3.63, 3.8) is 0 Å². The number of nitrogens with two attached hydrogens (primary N) is 2. The van der Waals surface area contributed by atoms with Crippen LogP contribution in [0.1, 0.15) is 51.4 Å². The average molecular weight is 698 g/mol. The van der Waals surface area contributed by atoms with Gasteiger partial charge >= 0.3 is 0 Å². The van der Waals surface area contributed by atoms with Crippen LogP contribution in [0.2, 0.25) is 10.0 Å². The molecule has 2 aliphatic rings. The molecule has 2 aromatic carbocycles. The third kappa shape index (κ3) is 10.4. The zero-order valence-electron chi connectivity index (χ0n) is 26.6. The molecule has 256 valence electrons. The van der Waals surface area contributed by atoms with Gasteiger partial charge in [0.05, 0.1) is 12.4 Å². The molecule has 2 aromatic heterocycles. The summed E-state index contributed by atoms with van der Waals surface area (Å²) in [5.41, 5.74) is 11.4. The van der Waals surface area contributed by atoms with Gasteiger partial charge in [-0.15, -0.1) is 0 Å². The minimum absolute atomic E-state index is 0.190. The molecular formula is C34H42Cl2N8O4. The van der Waals surface area contributed by atoms with Gasteiger partial charge in [-0.1, -0.05) is 29.6 Å². The molecule has 0 saturated heterocycles. The Kier molecular flexibility index (Phi) is 12.7. The van der Waals surface area contributed by atoms with Gasteiger partial charge in [-0.05, 0) is 105 Å². The number of nitrogens with zero attached hydrogens (tertiary/aromatic N) is 4. The minimum atomic E-state index is 0.190. The normalized spacial score (nSPS) is 20.6. The summed E-state index contributed by atoms with van der Waals surface area (Å²) >= 11 is 11.8. The number of aliphatic hydroxyl groups excluding tert-OH is 2. The smallest absolute Gasteiger partial charge is 0.222 e. The first kappa shape index (κ1) is 35.2. The summed E-state index contributed by atoms with van der Waals surface area (Å²) < 4.78 is 11.7. The first-order chi connectivity index (χ1) is 23.3. The van der Waals surface area contributed by atoms with Gasteiger partial charge in [0.15, 0.2) is 23.1 Å². The maximum atomic E-state index is 9.38. The Balaban J connectivity index is 0.000000188. The number of rotatable bonds is 10. The fourth-order valence-corrected chi connectivity index (χ4v) is 6.10. The molecule has 0 radical (unpaired) electrons. The van der Waals surface area contributed by atoms with E-state index in [4.69, 9.17) is 44.1 Å². The summed E-state index contributed by atoms with van der Waals surface area (Å²) in [5.74, 6) is 4.62. The standard InChI is InChI=1S/2C17H21ClN4O2/c18-12-3-7-14(8-4-12)24-15-9-20-17(19)22-16(15)21-13-5-1-11(10-23)2-6-13;18-12-4-6-14(7-5-12)24-15-9-20-17(19)22-16(15)21-13-3-1-2-11(8-13)10-23/h3-4,7-9,11,13,23H,1-2,5-6,10H2,(H3,19,20,21,22);4-7,9,11,13,23H,1-3,8,10H2,(H3,19,20,21,22). The quantitative estimate of drug-likeness (QED) is 0.100. The molecule has 2 atom stereocenters. The maximum absolute atomic E-state index is 9.38. The Morgan fingerprint density at radius 1 is 0.646 bits per heavy atom. The molecular weight excluding hydrogens is 655 g/mol. The fourth-order valence-electron chi connectivity index (χ4n) is 5.85. The van der Waals surface area contributed by atoms with Crippen molar-refractivity contribution in [2.24, 2.45) is 11.8 Å². The molecule has 0 spiro atoms. The summed E-state index contributed by atoms with van der Waals surface area (Å²) in [4.78, 5) is 16.6. The molecule has 0 amide bonds. The Bertz CT molecular complexity index is 1590. The van der Waals surface area contributed by atoms with Crippen LogP contribution in [0.4, 0.5) is 23.5 Å². The van der Waals surface area contributed by atoms with Crippen LogP contribution < -0.4 is 31.6 Å². The highest BCUT2D eigenvalue weighted by molar-refractivity contribution is 6.30. The number of hydrogen-bond acceptors (Lipinski definition) is 12. The van der Waals surface area contributed by atoms with E-state index in [1.54, 1.807) is 60.9 Å². The summed E-state index contributed by atoms with van der Waals surface area (Å²) in [6.45, 7) is 0.482. The van der Waals surface area contributed by atoms with E-state index in [9.17, 15) is 10.2 Å². The lowest BCUT2D eigenvalue weighted by Gasteiger charge is -2.29. The number of halogens is 2. The van der Waals surface area contributed by atoms with E-state index >= 15 is 0 Å². The number of aliphatic hydroxyl groups is 2. The predicted molar refractivity (Wildman–Crippen MR) is 189 cm³/mol. The molecule has 14 heteroatoms. The maximum Gasteiger partial charge on any atom is 0.222 e. The van der Waals surface area contributed by atoms with Gasteiger partial charge in [-0.3, -0.25) is 0 Å². The Morgan fingerprint density at radius 2 is 1.12 bits per heavy atom. The zero-order valence-corrected chi connectivity index (χ0v) is 28.1. The topological polar surface area (TPSA) is 187 Å². The van der Waals surface area contributed by atoms with Crippen molar-refractivity contribution < 1.29 is 19.7 Å². The molecule has 6 rings (SSSR count). The summed E-state index contributed by atoms with van der Waals surface area (Å²) in [5, 5.41) is 26.7. The van der Waals surface area contributed by atoms with Gasteiger partial charge in [0.25, 0.3) is 0 Å². The third-order valence-corrected chi connectivity index (χ3v) is 8.96. The van der Waals surface area contributed by atoms with E-state index in [2.05, 4.69) is 30.6 Å². The molecule has 0 aliphatic heterocycles. The molecule has 0 bridgehead atoms. The van der Waals surface area contributed by atoms with E-state index in [0.717, 1.165) is 51.4 Å². The lowest BCUT2D eigenvalue weighted by atomic mass is 9.86. The van der Waals surface area contributed by atoms with Crippen LogP contribution in [0.15, 0.2) is 60.9 Å². The largest absolute Gasteiger partial charge is 0.452 e. The second-order valence-corrected chi connectivity index (χ2v) is 13.0. The molecule has 2 fully saturated rings. The van der Waals surface area contributed by atoms with E-state index < -0.39 is 0 Å². The van der Waals surface area contributed by atoms with Crippen molar-refractivity contribution in [1.82, 2.24) is 19.9 Å². The molecule has 12 nitrogen and oxygen atoms in total. The Labute approximate surface area is 290 Å². The van der Waals surface area contributed by atoms with Crippen LogP contribution in [0.3, 0.4) is 0 Å². The molecule has 2 heterocycles. The van der Waals surface area contributed by atoms with Crippen molar-refractivity contribution >= 4 is 46.7 Å². The van der Waals surface area contributed by atoms with Gasteiger partial charge in [0.1, 0.15) is 11.5 Å². The van der Waals surface area contributed by atoms with E-state index in [1.807, 2.05) is 0 Å². The van der Waals surface area contributed by atoms with Crippen molar-refractivity contribution in [2.45, 2.75) is 63.5 Å². The van der Waals surface area contributed by atoms with Crippen LogP contribution in [-0.4, -0.2) is 55.4 Å². The van der Waals surface area contributed by atoms with Gasteiger partial charge in [0.2, 0.25) is 11.9 Å². The van der Waals surface area contributed by atoms with Crippen molar-refractivity contribution in [2.75, 3.05) is 35.3 Å². The van der Waals surface area contributed by atoms with Gasteiger partial charge < -0.3 is 41.8 Å². The Hall–Kier alpha value is -4.10. The summed E-state index contributed by atoms with van der Waals surface area (Å²) in [6, 6.07) is 14.7. The summed E-state index contributed by atoms with van der Waals surface area (Å²) in [6.07, 6.45) is 11.2. The van der Waals surface area contributed by atoms with E-state index in [0.29, 0.717) is 56.5 Å². The zero-order chi connectivity index (χ0) is 33.9. The van der Waals surface area contributed by atoms with Crippen LogP contribution in [0.25, 0.3) is 0 Å². The highest BCUT2D eigenvalue weighted by Crippen LogP contribution is 2.34. The first-order valence-electron chi connectivity index (χ1n) is 16.1. The SMILES string of the molecule is Nc1ncc(Oc2ccc(Cl)cc2)c(NC2CCC(CO)CC2)n1.Nc1ncc(Oc2ccc(Cl)cc2)c(NC2CCCC(CO)C2)n1. The van der Waals surface area contributed by atoms with Crippen molar-refractivity contribution in [1.29, 1.82) is 0 Å². The molecule has 48 heavy (non-hydrogen) atoms. The van der Waals surface area contributed by atoms with Crippen LogP contribution in [0.5, 0.6) is 23.0 Å². The second-order valence-electron chi connectivity index (χ2n) is 12.1. The lowest BCUT2D eigenvalue weighted by Crippen LogP contribution is -2.29. The number of nitrogens with one attached hydrogen (secondary N) is 2. The Morgan fingerprint density at radius 3 is 1.60 bits per heavy atom. The second kappa shape index (κ2) is 17.3. The molecule has 2 aliphatic carbocycles. The van der Waals surface area contributed by atoms with Crippen LogP contribution in [-0.2, 0) is 0 Å². The van der Waals surface area contributed by atoms with Gasteiger partial charge in [-0.25, -0.2) is 9.97 Å². The van der Waals surface area contributed by atoms with Crippen LogP contribution in [0, 0.1) is 11.8 Å². The van der Waals surface area contributed by atoms with Gasteiger partial charge in [0, 0.05) is 35.3 Å². The first-order valence-corrected chi connectivity index (χ1v) is 16.9. The number of hydrogen-bond donors (Lipinski definition) is 6. The molecule has 2 unspecified atom stereocenters. The highest BCUT2D eigenvalue weighted by Gasteiger charge is 2.24. The van der Waals surface area contributed by atoms with E-state index in [1.165, 1.54) is 0 Å². The predicted octanol–water partition coefficient (Wildman–Crippen LogP) is 6.94. The summed E-state index contributed by atoms with van der Waals surface area (Å²) in [7, 11) is 0. The molecule has 8 N–H and O–H groups in total. The molecule has 4 aromatic rings. The van der Waals surface area contributed by atoms with Crippen LogP contribution >= 0.6 is 23.2 Å². The molecule has 2 saturated carbocycles. The number of aromatic nitrogens is 4. The number of anilines is 4. The third-order valence-electron chi connectivity index (χ3n) is 8.46. The number of ether oxygens (including phenoxy) is 2. The number of nitrogen functional groups attached to an aromatic ring is 2. The van der Waals surface area contributed by atoms with E-state index in [-0.39, 0.29) is 37.2 Å². The highest BCUT2D eigenvalue weighted by atomic mass is 35.5.